The summed E-state index contributed by atoms with van der Waals surface area (Å²) in [6.07, 6.45) is 8.44. The fourth-order valence-corrected chi connectivity index (χ4v) is 4.44. The summed E-state index contributed by atoms with van der Waals surface area (Å²) in [4.78, 5) is 17.6. The molecule has 1 aliphatic carbocycles. The lowest BCUT2D eigenvalue weighted by Gasteiger charge is -2.31. The average molecular weight is 279 g/mol. The minimum absolute atomic E-state index is 0.221. The molecule has 2 saturated heterocycles. The van der Waals surface area contributed by atoms with Gasteiger partial charge in [0.1, 0.15) is 0 Å². The quantitative estimate of drug-likeness (QED) is 0.847. The van der Waals surface area contributed by atoms with Crippen molar-refractivity contribution in [3.63, 3.8) is 0 Å². The van der Waals surface area contributed by atoms with Crippen LogP contribution in [0.2, 0.25) is 0 Å². The Balaban J connectivity index is 1.60. The zero-order chi connectivity index (χ0) is 13.9. The van der Waals surface area contributed by atoms with E-state index in [1.807, 2.05) is 0 Å². The summed E-state index contributed by atoms with van der Waals surface area (Å²) in [6.45, 7) is 5.22. The van der Waals surface area contributed by atoms with Gasteiger partial charge >= 0.3 is 0 Å². The Morgan fingerprint density at radius 2 is 1.80 bits per heavy atom. The van der Waals surface area contributed by atoms with Crippen molar-refractivity contribution in [3.05, 3.63) is 0 Å². The molecule has 3 aliphatic rings. The van der Waals surface area contributed by atoms with E-state index in [9.17, 15) is 4.79 Å². The maximum absolute atomic E-state index is 12.9. The van der Waals surface area contributed by atoms with E-state index in [2.05, 4.69) is 9.80 Å². The van der Waals surface area contributed by atoms with Crippen LogP contribution >= 0.6 is 0 Å². The van der Waals surface area contributed by atoms with Gasteiger partial charge in [-0.3, -0.25) is 4.79 Å². The highest BCUT2D eigenvalue weighted by Gasteiger charge is 2.39. The smallest absolute Gasteiger partial charge is 0.226 e. The first-order valence-electron chi connectivity index (χ1n) is 8.52. The van der Waals surface area contributed by atoms with Gasteiger partial charge in [0.05, 0.1) is 0 Å². The second-order valence-corrected chi connectivity index (χ2v) is 6.87. The zero-order valence-electron chi connectivity index (χ0n) is 12.6. The van der Waals surface area contributed by atoms with Crippen molar-refractivity contribution in [3.8, 4) is 0 Å². The molecule has 114 valence electrons. The van der Waals surface area contributed by atoms with Crippen LogP contribution in [-0.2, 0) is 4.79 Å². The first-order chi connectivity index (χ1) is 9.79. The number of hydrogen-bond acceptors (Lipinski definition) is 3. The molecule has 2 heterocycles. The summed E-state index contributed by atoms with van der Waals surface area (Å²) in [7, 11) is 0. The second kappa shape index (κ2) is 6.44. The molecule has 1 saturated carbocycles. The lowest BCUT2D eigenvalue weighted by Crippen LogP contribution is -2.46. The van der Waals surface area contributed by atoms with Crippen molar-refractivity contribution >= 4 is 5.91 Å². The summed E-state index contributed by atoms with van der Waals surface area (Å²) < 4.78 is 0. The van der Waals surface area contributed by atoms with Gasteiger partial charge in [-0.05, 0) is 64.1 Å². The first kappa shape index (κ1) is 14.3. The molecule has 4 nitrogen and oxygen atoms in total. The summed E-state index contributed by atoms with van der Waals surface area (Å²) in [5.41, 5.74) is 5.85. The highest BCUT2D eigenvalue weighted by atomic mass is 16.2. The normalized spacial score (nSPS) is 35.0. The fourth-order valence-electron chi connectivity index (χ4n) is 4.44. The summed E-state index contributed by atoms with van der Waals surface area (Å²) in [6, 6.07) is 0.472. The van der Waals surface area contributed by atoms with Gasteiger partial charge in [0.15, 0.2) is 0 Å². The standard InChI is InChI=1S/C16H29N3O/c17-11-13-5-3-7-15(13)16(20)19-10-4-6-14(19)12-18-8-1-2-9-18/h13-15H,1-12,17H2/t13-,14?,15-/m1/s1. The van der Waals surface area contributed by atoms with Crippen molar-refractivity contribution < 1.29 is 4.79 Å². The highest BCUT2D eigenvalue weighted by molar-refractivity contribution is 5.80. The molecule has 20 heavy (non-hydrogen) atoms. The predicted molar refractivity (Wildman–Crippen MR) is 80.3 cm³/mol. The molecule has 1 amide bonds. The molecule has 3 rings (SSSR count). The minimum Gasteiger partial charge on any atom is -0.338 e. The predicted octanol–water partition coefficient (Wildman–Crippen LogP) is 1.45. The molecular weight excluding hydrogens is 250 g/mol. The van der Waals surface area contributed by atoms with Crippen LogP contribution in [0.1, 0.15) is 44.9 Å². The summed E-state index contributed by atoms with van der Waals surface area (Å²) in [5.74, 6) is 1.08. The van der Waals surface area contributed by atoms with Crippen molar-refractivity contribution in [1.82, 2.24) is 9.80 Å². The molecule has 0 aromatic carbocycles. The van der Waals surface area contributed by atoms with Crippen LogP contribution in [0.25, 0.3) is 0 Å². The number of carbonyl (C=O) groups is 1. The van der Waals surface area contributed by atoms with Gasteiger partial charge in [-0.1, -0.05) is 6.42 Å². The molecule has 1 unspecified atom stereocenters. The third kappa shape index (κ3) is 2.86. The molecule has 2 aliphatic heterocycles. The van der Waals surface area contributed by atoms with Crippen LogP contribution in [0.15, 0.2) is 0 Å². The van der Waals surface area contributed by atoms with E-state index in [0.717, 1.165) is 25.9 Å². The van der Waals surface area contributed by atoms with Crippen LogP contribution < -0.4 is 5.73 Å². The van der Waals surface area contributed by atoms with E-state index in [0.29, 0.717) is 24.4 Å². The van der Waals surface area contributed by atoms with Crippen LogP contribution in [0, 0.1) is 11.8 Å². The largest absolute Gasteiger partial charge is 0.338 e. The topological polar surface area (TPSA) is 49.6 Å². The Hall–Kier alpha value is -0.610. The molecule has 0 bridgehead atoms. The van der Waals surface area contributed by atoms with Gasteiger partial charge in [-0.15, -0.1) is 0 Å². The van der Waals surface area contributed by atoms with E-state index in [1.165, 1.54) is 45.2 Å². The number of hydrogen-bond donors (Lipinski definition) is 1. The number of carbonyl (C=O) groups excluding carboxylic acids is 1. The molecule has 0 aromatic rings. The van der Waals surface area contributed by atoms with Crippen molar-refractivity contribution in [1.29, 1.82) is 0 Å². The monoisotopic (exact) mass is 279 g/mol. The lowest BCUT2D eigenvalue weighted by molar-refractivity contribution is -0.137. The third-order valence-electron chi connectivity index (χ3n) is 5.61. The van der Waals surface area contributed by atoms with Crippen molar-refractivity contribution in [2.24, 2.45) is 17.6 Å². The Labute approximate surface area is 122 Å². The van der Waals surface area contributed by atoms with Crippen LogP contribution in [0.4, 0.5) is 0 Å². The number of nitrogens with two attached hydrogens (primary N) is 1. The molecule has 0 radical (unpaired) electrons. The van der Waals surface area contributed by atoms with E-state index in [-0.39, 0.29) is 5.92 Å². The Morgan fingerprint density at radius 1 is 1.00 bits per heavy atom. The third-order valence-corrected chi connectivity index (χ3v) is 5.61. The van der Waals surface area contributed by atoms with Gasteiger partial charge in [0.25, 0.3) is 0 Å². The molecule has 3 atom stereocenters. The second-order valence-electron chi connectivity index (χ2n) is 6.87. The molecular formula is C16H29N3O. The van der Waals surface area contributed by atoms with E-state index < -0.39 is 0 Å². The van der Waals surface area contributed by atoms with Gasteiger partial charge in [-0.2, -0.15) is 0 Å². The maximum atomic E-state index is 12.9. The Bertz CT molecular complexity index is 341. The van der Waals surface area contributed by atoms with E-state index >= 15 is 0 Å². The molecule has 0 aromatic heterocycles. The summed E-state index contributed by atoms with van der Waals surface area (Å²) in [5, 5.41) is 0. The Kier molecular flexibility index (Phi) is 4.61. The van der Waals surface area contributed by atoms with Gasteiger partial charge in [0.2, 0.25) is 5.91 Å². The van der Waals surface area contributed by atoms with Crippen LogP contribution in [0.3, 0.4) is 0 Å². The van der Waals surface area contributed by atoms with Crippen molar-refractivity contribution in [2.45, 2.75) is 51.0 Å². The SMILES string of the molecule is NC[C@H]1CCC[C@H]1C(=O)N1CCCC1CN1CCCC1. The summed E-state index contributed by atoms with van der Waals surface area (Å²) >= 11 is 0. The van der Waals surface area contributed by atoms with E-state index in [1.54, 1.807) is 0 Å². The lowest BCUT2D eigenvalue weighted by atomic mass is 9.94. The number of rotatable bonds is 4. The number of nitrogens with zero attached hydrogens (tertiary/aromatic N) is 2. The first-order valence-corrected chi connectivity index (χ1v) is 8.52. The van der Waals surface area contributed by atoms with Crippen LogP contribution in [0.5, 0.6) is 0 Å². The Morgan fingerprint density at radius 3 is 2.55 bits per heavy atom. The van der Waals surface area contributed by atoms with Crippen molar-refractivity contribution in [2.75, 3.05) is 32.7 Å². The molecule has 4 heteroatoms. The fraction of sp³-hybridized carbons (Fsp3) is 0.938. The van der Waals surface area contributed by atoms with Gasteiger partial charge in [-0.25, -0.2) is 0 Å². The minimum atomic E-state index is 0.221. The average Bonchev–Trinajstić information content (AvgIpc) is 3.19. The van der Waals surface area contributed by atoms with Gasteiger partial charge < -0.3 is 15.5 Å². The van der Waals surface area contributed by atoms with E-state index in [4.69, 9.17) is 5.73 Å². The number of amides is 1. The van der Waals surface area contributed by atoms with Gasteiger partial charge in [0, 0.05) is 25.0 Å². The molecule has 3 fully saturated rings. The molecule has 0 spiro atoms. The van der Waals surface area contributed by atoms with Crippen LogP contribution in [-0.4, -0.2) is 54.5 Å². The highest BCUT2D eigenvalue weighted by Crippen LogP contribution is 2.34. The molecule has 2 N–H and O–H groups in total. The zero-order valence-corrected chi connectivity index (χ0v) is 12.6. The number of likely N-dealkylation sites (tertiary alicyclic amines) is 2. The maximum Gasteiger partial charge on any atom is 0.226 e.